The van der Waals surface area contributed by atoms with Gasteiger partial charge < -0.3 is 20.7 Å². The van der Waals surface area contributed by atoms with E-state index in [4.69, 9.17) is 0 Å². The average Bonchev–Trinajstić information content (AvgIpc) is 3.07. The molecule has 1 amide bonds. The molecule has 5 heteroatoms. The maximum atomic E-state index is 12.4. The van der Waals surface area contributed by atoms with Crippen molar-refractivity contribution in [2.24, 2.45) is 0 Å². The third kappa shape index (κ3) is 3.30. The summed E-state index contributed by atoms with van der Waals surface area (Å²) in [5, 5.41) is 17.4. The number of piperazine rings is 1. The number of carbonyl (C=O) groups excluding carboxylic acids is 1. The van der Waals surface area contributed by atoms with Gasteiger partial charge in [0.25, 0.3) is 0 Å². The fourth-order valence-electron chi connectivity index (χ4n) is 3.87. The zero-order valence-electron chi connectivity index (χ0n) is 14.5. The van der Waals surface area contributed by atoms with E-state index < -0.39 is 0 Å². The number of nitrogens with one attached hydrogen (secondary N) is 3. The van der Waals surface area contributed by atoms with Crippen LogP contribution in [0.25, 0.3) is 10.9 Å². The Morgan fingerprint density at radius 2 is 2.00 bits per heavy atom. The number of aromatic nitrogens is 1. The molecule has 1 aliphatic heterocycles. The molecule has 2 atom stereocenters. The zero-order valence-corrected chi connectivity index (χ0v) is 14.5. The van der Waals surface area contributed by atoms with Crippen LogP contribution in [0.1, 0.15) is 23.5 Å². The molecular formula is C21H23N3O2. The molecule has 2 aromatic carbocycles. The van der Waals surface area contributed by atoms with Crippen LogP contribution < -0.4 is 10.6 Å². The normalized spacial score (nSPS) is 18.6. The molecule has 5 nitrogen and oxygen atoms in total. The van der Waals surface area contributed by atoms with Crippen molar-refractivity contribution in [2.45, 2.75) is 24.8 Å². The molecule has 4 rings (SSSR count). The molecule has 0 spiro atoms. The number of H-pyrrole nitrogens is 1. The predicted octanol–water partition coefficient (Wildman–Crippen LogP) is 2.68. The van der Waals surface area contributed by atoms with Gasteiger partial charge in [-0.3, -0.25) is 4.79 Å². The largest absolute Gasteiger partial charge is 0.508 e. The van der Waals surface area contributed by atoms with Gasteiger partial charge in [0.2, 0.25) is 5.91 Å². The summed E-state index contributed by atoms with van der Waals surface area (Å²) in [7, 11) is 0. The van der Waals surface area contributed by atoms with Gasteiger partial charge in [-0.1, -0.05) is 30.3 Å². The molecule has 1 unspecified atom stereocenters. The molecule has 0 radical (unpaired) electrons. The monoisotopic (exact) mass is 349 g/mol. The summed E-state index contributed by atoms with van der Waals surface area (Å²) in [6.45, 7) is 1.42. The van der Waals surface area contributed by atoms with Crippen LogP contribution in [0.15, 0.2) is 54.7 Å². The molecule has 4 N–H and O–H groups in total. The first kappa shape index (κ1) is 16.7. The molecule has 1 aromatic heterocycles. The quantitative estimate of drug-likeness (QED) is 0.572. The van der Waals surface area contributed by atoms with E-state index in [-0.39, 0.29) is 23.6 Å². The maximum absolute atomic E-state index is 12.4. The summed E-state index contributed by atoms with van der Waals surface area (Å²) >= 11 is 0. The maximum Gasteiger partial charge on any atom is 0.237 e. The summed E-state index contributed by atoms with van der Waals surface area (Å²) in [6.07, 6.45) is 3.73. The first-order valence-corrected chi connectivity index (χ1v) is 9.07. The number of aryl methyl sites for hydroxylation is 1. The molecule has 0 saturated carbocycles. The van der Waals surface area contributed by atoms with E-state index in [0.717, 1.165) is 30.5 Å². The fraction of sp³-hybridized carbons (Fsp3) is 0.286. The number of phenols is 1. The smallest absolute Gasteiger partial charge is 0.237 e. The van der Waals surface area contributed by atoms with Crippen molar-refractivity contribution in [3.05, 3.63) is 65.9 Å². The van der Waals surface area contributed by atoms with Gasteiger partial charge in [-0.15, -0.1) is 0 Å². The summed E-state index contributed by atoms with van der Waals surface area (Å²) in [6, 6.07) is 15.2. The number of rotatable bonds is 5. The molecule has 1 saturated heterocycles. The number of benzene rings is 2. The Labute approximate surface area is 152 Å². The number of aromatic amines is 1. The number of aromatic hydroxyl groups is 1. The lowest BCUT2D eigenvalue weighted by molar-refractivity contribution is -0.124. The standard InChI is InChI=1S/C21H23N3O2/c25-16-5-3-4-14(12-16)18(20-21(26)23-11-10-22-20)9-8-15-13-24-19-7-2-1-6-17(15)19/h1-7,12-13,18,20,22,24-25H,8-11H2,(H,23,26)/t18?,20-/m1/s1. The van der Waals surface area contributed by atoms with Gasteiger partial charge in [-0.2, -0.15) is 0 Å². The lowest BCUT2D eigenvalue weighted by Crippen LogP contribution is -2.55. The van der Waals surface area contributed by atoms with Gasteiger partial charge in [0.15, 0.2) is 0 Å². The highest BCUT2D eigenvalue weighted by molar-refractivity contribution is 5.84. The van der Waals surface area contributed by atoms with Crippen LogP contribution in [-0.2, 0) is 11.2 Å². The molecule has 1 fully saturated rings. The predicted molar refractivity (Wildman–Crippen MR) is 102 cm³/mol. The van der Waals surface area contributed by atoms with Crippen molar-refractivity contribution in [3.8, 4) is 5.75 Å². The number of hydrogen-bond acceptors (Lipinski definition) is 3. The Balaban J connectivity index is 1.61. The number of hydrogen-bond donors (Lipinski definition) is 4. The van der Waals surface area contributed by atoms with Crippen LogP contribution in [0, 0.1) is 0 Å². The number of amides is 1. The van der Waals surface area contributed by atoms with Crippen LogP contribution in [0.4, 0.5) is 0 Å². The Kier molecular flexibility index (Phi) is 4.63. The molecule has 1 aliphatic rings. The highest BCUT2D eigenvalue weighted by Gasteiger charge is 2.31. The van der Waals surface area contributed by atoms with Crippen LogP contribution in [0.5, 0.6) is 5.75 Å². The van der Waals surface area contributed by atoms with E-state index >= 15 is 0 Å². The van der Waals surface area contributed by atoms with Gasteiger partial charge in [-0.05, 0) is 42.2 Å². The minimum Gasteiger partial charge on any atom is -0.508 e. The van der Waals surface area contributed by atoms with E-state index in [1.54, 1.807) is 12.1 Å². The molecule has 26 heavy (non-hydrogen) atoms. The highest BCUT2D eigenvalue weighted by atomic mass is 16.3. The summed E-state index contributed by atoms with van der Waals surface area (Å²) in [5.74, 6) is 0.260. The van der Waals surface area contributed by atoms with Crippen molar-refractivity contribution < 1.29 is 9.90 Å². The number of para-hydroxylation sites is 1. The summed E-state index contributed by atoms with van der Waals surface area (Å²) in [5.41, 5.74) is 3.37. The summed E-state index contributed by atoms with van der Waals surface area (Å²) < 4.78 is 0. The fourth-order valence-corrected chi connectivity index (χ4v) is 3.87. The lowest BCUT2D eigenvalue weighted by atomic mass is 9.85. The summed E-state index contributed by atoms with van der Waals surface area (Å²) in [4.78, 5) is 15.7. The van der Waals surface area contributed by atoms with Gasteiger partial charge >= 0.3 is 0 Å². The van der Waals surface area contributed by atoms with Crippen LogP contribution in [0.2, 0.25) is 0 Å². The first-order chi connectivity index (χ1) is 12.7. The van der Waals surface area contributed by atoms with Crippen LogP contribution in [0.3, 0.4) is 0 Å². The Bertz CT molecular complexity index is 918. The van der Waals surface area contributed by atoms with Crippen molar-refractivity contribution in [2.75, 3.05) is 13.1 Å². The van der Waals surface area contributed by atoms with Crippen LogP contribution in [-0.4, -0.2) is 35.1 Å². The molecular weight excluding hydrogens is 326 g/mol. The molecule has 0 aliphatic carbocycles. The van der Waals surface area contributed by atoms with Crippen LogP contribution >= 0.6 is 0 Å². The number of phenolic OH excluding ortho intramolecular Hbond substituents is 1. The number of fused-ring (bicyclic) bond motifs is 1. The Morgan fingerprint density at radius 1 is 1.12 bits per heavy atom. The van der Waals surface area contributed by atoms with Crippen molar-refractivity contribution in [3.63, 3.8) is 0 Å². The molecule has 3 aromatic rings. The average molecular weight is 349 g/mol. The highest BCUT2D eigenvalue weighted by Crippen LogP contribution is 2.30. The van der Waals surface area contributed by atoms with E-state index in [1.165, 1.54) is 10.9 Å². The van der Waals surface area contributed by atoms with Gasteiger partial charge in [-0.25, -0.2) is 0 Å². The third-order valence-electron chi connectivity index (χ3n) is 5.17. The van der Waals surface area contributed by atoms with E-state index in [9.17, 15) is 9.90 Å². The third-order valence-corrected chi connectivity index (χ3v) is 5.17. The van der Waals surface area contributed by atoms with Crippen molar-refractivity contribution >= 4 is 16.8 Å². The zero-order chi connectivity index (χ0) is 17.9. The minimum atomic E-state index is -0.282. The Hall–Kier alpha value is -2.79. The second-order valence-corrected chi connectivity index (χ2v) is 6.82. The van der Waals surface area contributed by atoms with Crippen molar-refractivity contribution in [1.82, 2.24) is 15.6 Å². The van der Waals surface area contributed by atoms with Gasteiger partial charge in [0, 0.05) is 36.1 Å². The topological polar surface area (TPSA) is 77.2 Å². The lowest BCUT2D eigenvalue weighted by Gasteiger charge is -2.31. The second-order valence-electron chi connectivity index (χ2n) is 6.82. The van der Waals surface area contributed by atoms with Gasteiger partial charge in [0.05, 0.1) is 6.04 Å². The second kappa shape index (κ2) is 7.22. The van der Waals surface area contributed by atoms with Gasteiger partial charge in [0.1, 0.15) is 5.75 Å². The van der Waals surface area contributed by atoms with E-state index in [0.29, 0.717) is 6.54 Å². The van der Waals surface area contributed by atoms with E-state index in [1.807, 2.05) is 24.3 Å². The molecule has 134 valence electrons. The molecule has 0 bridgehead atoms. The first-order valence-electron chi connectivity index (χ1n) is 9.07. The van der Waals surface area contributed by atoms with E-state index in [2.05, 4.69) is 33.9 Å². The SMILES string of the molecule is O=C1NCCN[C@@H]1C(CCc1c[nH]c2ccccc12)c1cccc(O)c1. The Morgan fingerprint density at radius 3 is 2.85 bits per heavy atom. The minimum absolute atomic E-state index is 0.00365. The number of carbonyl (C=O) groups is 1. The van der Waals surface area contributed by atoms with Crippen molar-refractivity contribution in [1.29, 1.82) is 0 Å². The molecule has 2 heterocycles.